The second kappa shape index (κ2) is 8.53. The first-order valence-electron chi connectivity index (χ1n) is 8.27. The molecule has 0 aliphatic carbocycles. The summed E-state index contributed by atoms with van der Waals surface area (Å²) in [5.74, 6) is -0.477. The molecule has 1 aromatic carbocycles. The van der Waals surface area contributed by atoms with Gasteiger partial charge in [0, 0.05) is 42.6 Å². The summed E-state index contributed by atoms with van der Waals surface area (Å²) in [6.45, 7) is 3.78. The smallest absolute Gasteiger partial charge is 0.260 e. The van der Waals surface area contributed by atoms with Crippen LogP contribution in [-0.2, 0) is 11.3 Å². The zero-order valence-electron chi connectivity index (χ0n) is 14.2. The Labute approximate surface area is 161 Å². The van der Waals surface area contributed by atoms with Gasteiger partial charge in [-0.3, -0.25) is 14.5 Å². The molecule has 26 heavy (non-hydrogen) atoms. The molecule has 6 nitrogen and oxygen atoms in total. The van der Waals surface area contributed by atoms with Crippen LogP contribution in [-0.4, -0.2) is 54.4 Å². The van der Waals surface area contributed by atoms with Crippen LogP contribution in [0.2, 0.25) is 5.02 Å². The third kappa shape index (κ3) is 4.75. The average Bonchev–Trinajstić information content (AvgIpc) is 3.14. The number of rotatable bonds is 6. The lowest BCUT2D eigenvalue weighted by Gasteiger charge is -2.34. The van der Waals surface area contributed by atoms with Gasteiger partial charge in [-0.05, 0) is 29.6 Å². The standard InChI is InChI=1S/C18H20ClN3O3S/c19-13-3-4-16(15(10-13)18(20)24)25-12-17(23)22-7-5-21(6-8-22)11-14-2-1-9-26-14/h1-4,9-10H,5-8,11-12H2,(H2,20,24). The molecule has 1 aliphatic heterocycles. The van der Waals surface area contributed by atoms with Gasteiger partial charge in [-0.25, -0.2) is 0 Å². The highest BCUT2D eigenvalue weighted by Gasteiger charge is 2.22. The van der Waals surface area contributed by atoms with Gasteiger partial charge in [-0.2, -0.15) is 0 Å². The number of hydrogen-bond donors (Lipinski definition) is 1. The first-order chi connectivity index (χ1) is 12.5. The summed E-state index contributed by atoms with van der Waals surface area (Å²) in [6.07, 6.45) is 0. The lowest BCUT2D eigenvalue weighted by molar-refractivity contribution is -0.135. The van der Waals surface area contributed by atoms with E-state index in [-0.39, 0.29) is 23.8 Å². The number of carbonyl (C=O) groups excluding carboxylic acids is 2. The maximum Gasteiger partial charge on any atom is 0.260 e. The van der Waals surface area contributed by atoms with Gasteiger partial charge >= 0.3 is 0 Å². The Morgan fingerprint density at radius 1 is 1.19 bits per heavy atom. The second-order valence-electron chi connectivity index (χ2n) is 6.03. The summed E-state index contributed by atoms with van der Waals surface area (Å²) >= 11 is 7.61. The van der Waals surface area contributed by atoms with Gasteiger partial charge in [0.05, 0.1) is 5.56 Å². The number of carbonyl (C=O) groups is 2. The third-order valence-corrected chi connectivity index (χ3v) is 5.34. The number of thiophene rings is 1. The van der Waals surface area contributed by atoms with E-state index >= 15 is 0 Å². The van der Waals surface area contributed by atoms with Gasteiger partial charge in [0.1, 0.15) is 5.75 Å². The Kier molecular flexibility index (Phi) is 6.13. The minimum atomic E-state index is -0.642. The highest BCUT2D eigenvalue weighted by Crippen LogP contribution is 2.22. The van der Waals surface area contributed by atoms with Crippen LogP contribution in [0.1, 0.15) is 15.2 Å². The minimum Gasteiger partial charge on any atom is -0.483 e. The van der Waals surface area contributed by atoms with Crippen LogP contribution < -0.4 is 10.5 Å². The fourth-order valence-electron chi connectivity index (χ4n) is 2.83. The molecule has 8 heteroatoms. The van der Waals surface area contributed by atoms with Crippen molar-refractivity contribution >= 4 is 34.8 Å². The maximum atomic E-state index is 12.4. The minimum absolute atomic E-state index is 0.105. The largest absolute Gasteiger partial charge is 0.483 e. The van der Waals surface area contributed by atoms with Crippen LogP contribution in [0.15, 0.2) is 35.7 Å². The number of hydrogen-bond acceptors (Lipinski definition) is 5. The molecule has 0 spiro atoms. The maximum absolute atomic E-state index is 12.4. The lowest BCUT2D eigenvalue weighted by Crippen LogP contribution is -2.49. The molecule has 3 rings (SSSR count). The normalized spacial score (nSPS) is 15.0. The van der Waals surface area contributed by atoms with Crippen molar-refractivity contribution in [3.8, 4) is 5.75 Å². The molecule has 0 bridgehead atoms. The van der Waals surface area contributed by atoms with Gasteiger partial charge in [0.25, 0.3) is 11.8 Å². The first-order valence-corrected chi connectivity index (χ1v) is 9.53. The number of primary amides is 1. The van der Waals surface area contributed by atoms with Crippen molar-refractivity contribution in [2.45, 2.75) is 6.54 Å². The number of ether oxygens (including phenoxy) is 1. The summed E-state index contributed by atoms with van der Waals surface area (Å²) in [7, 11) is 0. The fourth-order valence-corrected chi connectivity index (χ4v) is 3.75. The molecule has 138 valence electrons. The average molecular weight is 394 g/mol. The summed E-state index contributed by atoms with van der Waals surface area (Å²) in [5.41, 5.74) is 5.50. The number of benzene rings is 1. The molecule has 2 aromatic rings. The summed E-state index contributed by atoms with van der Waals surface area (Å²) in [5, 5.41) is 2.46. The molecule has 1 fully saturated rings. The molecule has 2 amide bonds. The van der Waals surface area contributed by atoms with Gasteiger partial charge in [0.15, 0.2) is 6.61 Å². The van der Waals surface area contributed by atoms with E-state index in [1.807, 2.05) is 6.07 Å². The van der Waals surface area contributed by atoms with Gasteiger partial charge in [-0.1, -0.05) is 17.7 Å². The van der Waals surface area contributed by atoms with Crippen molar-refractivity contribution in [1.82, 2.24) is 9.80 Å². The highest BCUT2D eigenvalue weighted by atomic mass is 35.5. The van der Waals surface area contributed by atoms with Crippen LogP contribution in [0.5, 0.6) is 5.75 Å². The Morgan fingerprint density at radius 3 is 2.62 bits per heavy atom. The number of nitrogens with two attached hydrogens (primary N) is 1. The SMILES string of the molecule is NC(=O)c1cc(Cl)ccc1OCC(=O)N1CCN(Cc2cccs2)CC1. The molecule has 0 radical (unpaired) electrons. The third-order valence-electron chi connectivity index (χ3n) is 4.24. The van der Waals surface area contributed by atoms with E-state index in [0.717, 1.165) is 19.6 Å². The second-order valence-corrected chi connectivity index (χ2v) is 7.50. The van der Waals surface area contributed by atoms with Crippen molar-refractivity contribution in [3.63, 3.8) is 0 Å². The van der Waals surface area contributed by atoms with Crippen molar-refractivity contribution in [1.29, 1.82) is 0 Å². The van der Waals surface area contributed by atoms with E-state index in [1.54, 1.807) is 28.4 Å². The summed E-state index contributed by atoms with van der Waals surface area (Å²) in [4.78, 5) is 29.3. The lowest BCUT2D eigenvalue weighted by atomic mass is 10.2. The van der Waals surface area contributed by atoms with Crippen LogP contribution in [0.25, 0.3) is 0 Å². The van der Waals surface area contributed by atoms with Gasteiger partial charge < -0.3 is 15.4 Å². The molecular formula is C18H20ClN3O3S. The Balaban J connectivity index is 1.50. The Bertz CT molecular complexity index is 774. The summed E-state index contributed by atoms with van der Waals surface area (Å²) < 4.78 is 5.52. The summed E-state index contributed by atoms with van der Waals surface area (Å²) in [6, 6.07) is 8.76. The predicted octanol–water partition coefficient (Wildman–Crippen LogP) is 2.22. The topological polar surface area (TPSA) is 75.9 Å². The fraction of sp³-hybridized carbons (Fsp3) is 0.333. The van der Waals surface area contributed by atoms with Gasteiger partial charge in [0.2, 0.25) is 0 Å². The zero-order valence-corrected chi connectivity index (χ0v) is 15.8. The van der Waals surface area contributed by atoms with Crippen molar-refractivity contribution < 1.29 is 14.3 Å². The van der Waals surface area contributed by atoms with E-state index in [4.69, 9.17) is 22.1 Å². The molecule has 2 heterocycles. The molecule has 0 unspecified atom stereocenters. The van der Waals surface area contributed by atoms with Crippen molar-refractivity contribution in [3.05, 3.63) is 51.2 Å². The molecule has 1 aromatic heterocycles. The quantitative estimate of drug-likeness (QED) is 0.816. The van der Waals surface area contributed by atoms with Crippen LogP contribution in [0.3, 0.4) is 0 Å². The molecule has 1 saturated heterocycles. The predicted molar refractivity (Wildman–Crippen MR) is 102 cm³/mol. The monoisotopic (exact) mass is 393 g/mol. The molecule has 1 aliphatic rings. The number of halogens is 1. The number of amides is 2. The highest BCUT2D eigenvalue weighted by molar-refractivity contribution is 7.09. The molecule has 0 atom stereocenters. The zero-order chi connectivity index (χ0) is 18.5. The van der Waals surface area contributed by atoms with E-state index in [1.165, 1.54) is 10.9 Å². The van der Waals surface area contributed by atoms with E-state index in [2.05, 4.69) is 16.3 Å². The Morgan fingerprint density at radius 2 is 1.96 bits per heavy atom. The first kappa shape index (κ1) is 18.7. The molecular weight excluding hydrogens is 374 g/mol. The van der Waals surface area contributed by atoms with E-state index < -0.39 is 5.91 Å². The van der Waals surface area contributed by atoms with Crippen LogP contribution in [0, 0.1) is 0 Å². The van der Waals surface area contributed by atoms with Crippen LogP contribution in [0.4, 0.5) is 0 Å². The van der Waals surface area contributed by atoms with Gasteiger partial charge in [-0.15, -0.1) is 11.3 Å². The van der Waals surface area contributed by atoms with Crippen molar-refractivity contribution in [2.24, 2.45) is 5.73 Å². The molecule has 2 N–H and O–H groups in total. The number of nitrogens with zero attached hydrogens (tertiary/aromatic N) is 2. The Hall–Kier alpha value is -2.09. The molecule has 0 saturated carbocycles. The van der Waals surface area contributed by atoms with E-state index in [0.29, 0.717) is 18.1 Å². The number of piperazine rings is 1. The van der Waals surface area contributed by atoms with E-state index in [9.17, 15) is 9.59 Å². The van der Waals surface area contributed by atoms with Crippen LogP contribution >= 0.6 is 22.9 Å². The van der Waals surface area contributed by atoms with Crippen molar-refractivity contribution in [2.75, 3.05) is 32.8 Å².